The second-order valence-electron chi connectivity index (χ2n) is 3.37. The summed E-state index contributed by atoms with van der Waals surface area (Å²) in [6, 6.07) is 0. The monoisotopic (exact) mass is 321 g/mol. The Morgan fingerprint density at radius 1 is 1.59 bits per heavy atom. The van der Waals surface area contributed by atoms with Crippen LogP contribution in [0.2, 0.25) is 0 Å². The Morgan fingerprint density at radius 2 is 2.29 bits per heavy atom. The molecule has 1 aromatic rings. The second kappa shape index (κ2) is 6.76. The third-order valence-electron chi connectivity index (χ3n) is 2.15. The van der Waals surface area contributed by atoms with E-state index in [2.05, 4.69) is 26.3 Å². The van der Waals surface area contributed by atoms with Gasteiger partial charge in [-0.2, -0.15) is 5.10 Å². The van der Waals surface area contributed by atoms with E-state index >= 15 is 0 Å². The number of amides is 1. The van der Waals surface area contributed by atoms with Gasteiger partial charge in [-0.3, -0.25) is 14.3 Å². The Hall–Kier alpha value is -0.880. The van der Waals surface area contributed by atoms with Gasteiger partial charge in [0.05, 0.1) is 10.7 Å². The van der Waals surface area contributed by atoms with Gasteiger partial charge in [0.15, 0.2) is 0 Å². The number of aryl methyl sites for hydroxylation is 1. The number of carbonyl (C=O) groups is 2. The van der Waals surface area contributed by atoms with E-state index in [4.69, 9.17) is 11.6 Å². The van der Waals surface area contributed by atoms with Gasteiger partial charge in [0.1, 0.15) is 5.69 Å². The third kappa shape index (κ3) is 4.12. The highest BCUT2D eigenvalue weighted by molar-refractivity contribution is 9.10. The van der Waals surface area contributed by atoms with E-state index in [1.54, 1.807) is 10.9 Å². The van der Waals surface area contributed by atoms with Crippen molar-refractivity contribution in [1.82, 2.24) is 15.1 Å². The van der Waals surface area contributed by atoms with Gasteiger partial charge in [-0.15, -0.1) is 0 Å². The van der Waals surface area contributed by atoms with Crippen molar-refractivity contribution >= 4 is 38.7 Å². The van der Waals surface area contributed by atoms with Gasteiger partial charge in [0.2, 0.25) is 5.24 Å². The molecule has 17 heavy (non-hydrogen) atoms. The highest BCUT2D eigenvalue weighted by Crippen LogP contribution is 2.15. The maximum atomic E-state index is 11.8. The van der Waals surface area contributed by atoms with Crippen molar-refractivity contribution in [3.8, 4) is 0 Å². The lowest BCUT2D eigenvalue weighted by Gasteiger charge is -2.06. The van der Waals surface area contributed by atoms with Gasteiger partial charge in [-0.1, -0.05) is 0 Å². The molecular formula is C10H13BrClN3O2. The molecule has 0 saturated heterocycles. The summed E-state index contributed by atoms with van der Waals surface area (Å²) in [6.07, 6.45) is 2.38. The Bertz CT molecular complexity index is 420. The van der Waals surface area contributed by atoms with Crippen LogP contribution in [0, 0.1) is 0 Å². The maximum Gasteiger partial charge on any atom is 0.270 e. The first-order valence-corrected chi connectivity index (χ1v) is 6.41. The minimum Gasteiger partial charge on any atom is -0.351 e. The van der Waals surface area contributed by atoms with Gasteiger partial charge in [0, 0.05) is 19.5 Å². The van der Waals surface area contributed by atoms with Crippen molar-refractivity contribution in [2.24, 2.45) is 0 Å². The van der Waals surface area contributed by atoms with Crippen LogP contribution in [0.15, 0.2) is 10.7 Å². The van der Waals surface area contributed by atoms with Crippen molar-refractivity contribution in [2.75, 3.05) is 6.54 Å². The minimum atomic E-state index is -0.390. The highest BCUT2D eigenvalue weighted by atomic mass is 79.9. The standard InChI is InChI=1S/C10H13BrClN3O2/c1-2-15-9(7(11)6-14-15)10(17)13-5-3-4-8(12)16/h6H,2-5H2,1H3,(H,13,17). The van der Waals surface area contributed by atoms with Gasteiger partial charge in [-0.25, -0.2) is 0 Å². The number of nitrogens with one attached hydrogen (secondary N) is 1. The largest absolute Gasteiger partial charge is 0.351 e. The van der Waals surface area contributed by atoms with E-state index in [0.29, 0.717) is 29.7 Å². The number of rotatable bonds is 6. The van der Waals surface area contributed by atoms with E-state index in [-0.39, 0.29) is 17.6 Å². The topological polar surface area (TPSA) is 64.0 Å². The summed E-state index contributed by atoms with van der Waals surface area (Å²) in [4.78, 5) is 22.3. The zero-order valence-corrected chi connectivity index (χ0v) is 11.7. The van der Waals surface area contributed by atoms with Gasteiger partial charge < -0.3 is 5.32 Å². The first-order valence-electron chi connectivity index (χ1n) is 5.24. The predicted molar refractivity (Wildman–Crippen MR) is 68.0 cm³/mol. The first kappa shape index (κ1) is 14.2. The summed E-state index contributed by atoms with van der Waals surface area (Å²) in [5, 5.41) is 6.37. The Morgan fingerprint density at radius 3 is 2.88 bits per heavy atom. The lowest BCUT2D eigenvalue weighted by Crippen LogP contribution is -2.27. The molecule has 0 radical (unpaired) electrons. The molecule has 0 aliphatic heterocycles. The van der Waals surface area contributed by atoms with Crippen molar-refractivity contribution < 1.29 is 9.59 Å². The lowest BCUT2D eigenvalue weighted by molar-refractivity contribution is -0.111. The van der Waals surface area contributed by atoms with Crippen LogP contribution in [-0.4, -0.2) is 27.5 Å². The second-order valence-corrected chi connectivity index (χ2v) is 4.65. The van der Waals surface area contributed by atoms with E-state index in [1.165, 1.54) is 0 Å². The summed E-state index contributed by atoms with van der Waals surface area (Å²) >= 11 is 8.46. The van der Waals surface area contributed by atoms with E-state index in [0.717, 1.165) is 0 Å². The molecule has 0 atom stereocenters. The summed E-state index contributed by atoms with van der Waals surface area (Å²) < 4.78 is 2.26. The Kier molecular flexibility index (Phi) is 5.64. The van der Waals surface area contributed by atoms with Crippen molar-refractivity contribution in [1.29, 1.82) is 0 Å². The maximum absolute atomic E-state index is 11.8. The summed E-state index contributed by atoms with van der Waals surface area (Å²) in [6.45, 7) is 2.94. The normalized spacial score (nSPS) is 10.3. The molecule has 1 aromatic heterocycles. The third-order valence-corrected chi connectivity index (χ3v) is 2.91. The first-order chi connectivity index (χ1) is 8.06. The number of hydrogen-bond donors (Lipinski definition) is 1. The molecule has 94 valence electrons. The Labute approximate surface area is 113 Å². The minimum absolute atomic E-state index is 0.210. The Balaban J connectivity index is 2.52. The average molecular weight is 323 g/mol. The van der Waals surface area contributed by atoms with Gasteiger partial charge in [0.25, 0.3) is 5.91 Å². The summed E-state index contributed by atoms with van der Waals surface area (Å²) in [7, 11) is 0. The fourth-order valence-electron chi connectivity index (χ4n) is 1.34. The van der Waals surface area contributed by atoms with Crippen LogP contribution in [0.25, 0.3) is 0 Å². The molecule has 5 nitrogen and oxygen atoms in total. The average Bonchev–Trinajstić information content (AvgIpc) is 2.65. The van der Waals surface area contributed by atoms with Gasteiger partial charge in [-0.05, 0) is 40.9 Å². The van der Waals surface area contributed by atoms with Gasteiger partial charge >= 0.3 is 0 Å². The van der Waals surface area contributed by atoms with Crippen LogP contribution in [0.4, 0.5) is 0 Å². The molecule has 0 saturated carbocycles. The lowest BCUT2D eigenvalue weighted by atomic mass is 10.3. The van der Waals surface area contributed by atoms with E-state index < -0.39 is 0 Å². The molecule has 0 fully saturated rings. The van der Waals surface area contributed by atoms with Crippen molar-refractivity contribution in [2.45, 2.75) is 26.3 Å². The summed E-state index contributed by atoms with van der Waals surface area (Å²) in [5.74, 6) is -0.210. The number of aromatic nitrogens is 2. The highest BCUT2D eigenvalue weighted by Gasteiger charge is 2.15. The van der Waals surface area contributed by atoms with Crippen LogP contribution in [0.1, 0.15) is 30.3 Å². The molecule has 1 heterocycles. The fraction of sp³-hybridized carbons (Fsp3) is 0.500. The quantitative estimate of drug-likeness (QED) is 0.643. The number of hydrogen-bond acceptors (Lipinski definition) is 3. The van der Waals surface area contributed by atoms with Crippen LogP contribution in [-0.2, 0) is 11.3 Å². The molecule has 0 aliphatic carbocycles. The molecule has 1 amide bonds. The van der Waals surface area contributed by atoms with Crippen LogP contribution in [0.3, 0.4) is 0 Å². The smallest absolute Gasteiger partial charge is 0.270 e. The molecule has 1 rings (SSSR count). The van der Waals surface area contributed by atoms with E-state index in [1.807, 2.05) is 6.92 Å². The molecule has 0 aromatic carbocycles. The molecule has 0 aliphatic rings. The number of nitrogens with zero attached hydrogens (tertiary/aromatic N) is 2. The van der Waals surface area contributed by atoms with Crippen LogP contribution in [0.5, 0.6) is 0 Å². The molecule has 0 unspecified atom stereocenters. The molecule has 1 N–H and O–H groups in total. The molecule has 0 bridgehead atoms. The SMILES string of the molecule is CCn1ncc(Br)c1C(=O)NCCCC(=O)Cl. The zero-order valence-electron chi connectivity index (χ0n) is 9.37. The number of carbonyl (C=O) groups excluding carboxylic acids is 2. The van der Waals surface area contributed by atoms with Crippen LogP contribution >= 0.6 is 27.5 Å². The van der Waals surface area contributed by atoms with Crippen molar-refractivity contribution in [3.05, 3.63) is 16.4 Å². The van der Waals surface area contributed by atoms with Crippen LogP contribution < -0.4 is 5.32 Å². The zero-order chi connectivity index (χ0) is 12.8. The van der Waals surface area contributed by atoms with E-state index in [9.17, 15) is 9.59 Å². The number of halogens is 2. The fourth-order valence-corrected chi connectivity index (χ4v) is 1.95. The molecular weight excluding hydrogens is 309 g/mol. The molecule has 7 heteroatoms. The van der Waals surface area contributed by atoms with Crippen molar-refractivity contribution in [3.63, 3.8) is 0 Å². The molecule has 0 spiro atoms. The summed E-state index contributed by atoms with van der Waals surface area (Å²) in [5.41, 5.74) is 0.490. The predicted octanol–water partition coefficient (Wildman–Crippen LogP) is 1.94.